The number of ether oxygens (including phenoxy) is 1. The maximum absolute atomic E-state index is 11.5. The molecule has 3 aromatic rings. The van der Waals surface area contributed by atoms with Gasteiger partial charge >= 0.3 is 16.1 Å². The van der Waals surface area contributed by atoms with Crippen molar-refractivity contribution < 1.29 is 27.2 Å². The van der Waals surface area contributed by atoms with Crippen LogP contribution in [0.3, 0.4) is 0 Å². The van der Waals surface area contributed by atoms with Crippen LogP contribution in [-0.2, 0) is 14.9 Å². The number of benzene rings is 3. The van der Waals surface area contributed by atoms with Crippen LogP contribution in [0, 0.1) is 0 Å². The summed E-state index contributed by atoms with van der Waals surface area (Å²) in [5.41, 5.74) is 2.70. The summed E-state index contributed by atoms with van der Waals surface area (Å²) >= 11 is 7.84. The van der Waals surface area contributed by atoms with Crippen molar-refractivity contribution in [1.29, 1.82) is 0 Å². The minimum atomic E-state index is -3.64. The molecule has 3 rings (SSSR count). The predicted molar refractivity (Wildman–Crippen MR) is 131 cm³/mol. The standard InChI is InChI=1S/C24H21ClO6S2/c1-33(28,29)31-20-9-5-8-18(14-20)21(17-6-3-2-4-7-17)12-13-32-23-11-10-19(15-22(23)25)30-16-24(26)27/h2-12,14-15H,13,16H2,1H3,(H,26,27)/b21-12-. The van der Waals surface area contributed by atoms with Crippen molar-refractivity contribution in [2.75, 3.05) is 18.6 Å². The third-order valence-electron chi connectivity index (χ3n) is 4.27. The molecule has 0 atom stereocenters. The van der Waals surface area contributed by atoms with Gasteiger partial charge in [-0.1, -0.05) is 60.1 Å². The Morgan fingerprint density at radius 3 is 2.39 bits per heavy atom. The summed E-state index contributed by atoms with van der Waals surface area (Å²) in [7, 11) is -3.64. The van der Waals surface area contributed by atoms with Gasteiger partial charge in [-0.15, -0.1) is 11.8 Å². The number of rotatable bonds is 10. The molecular formula is C24H21ClO6S2. The molecule has 0 fully saturated rings. The molecule has 0 aromatic heterocycles. The second kappa shape index (κ2) is 11.3. The van der Waals surface area contributed by atoms with Crippen LogP contribution in [0.5, 0.6) is 11.5 Å². The van der Waals surface area contributed by atoms with Crippen LogP contribution in [0.1, 0.15) is 11.1 Å². The molecule has 0 aliphatic heterocycles. The Hall–Kier alpha value is -2.94. The van der Waals surface area contributed by atoms with E-state index < -0.39 is 22.7 Å². The number of halogens is 1. The Labute approximate surface area is 201 Å². The van der Waals surface area contributed by atoms with Crippen LogP contribution >= 0.6 is 23.4 Å². The molecule has 33 heavy (non-hydrogen) atoms. The predicted octanol–water partition coefficient (Wildman–Crippen LogP) is 5.37. The highest BCUT2D eigenvalue weighted by atomic mass is 35.5. The van der Waals surface area contributed by atoms with E-state index >= 15 is 0 Å². The Kier molecular flexibility index (Phi) is 8.43. The van der Waals surface area contributed by atoms with E-state index in [1.54, 1.807) is 36.4 Å². The Bertz CT molecular complexity index is 1260. The highest BCUT2D eigenvalue weighted by Gasteiger charge is 2.10. The molecule has 1 N–H and O–H groups in total. The van der Waals surface area contributed by atoms with Gasteiger partial charge in [-0.3, -0.25) is 0 Å². The largest absolute Gasteiger partial charge is 0.482 e. The van der Waals surface area contributed by atoms with Gasteiger partial charge in [0.25, 0.3) is 0 Å². The lowest BCUT2D eigenvalue weighted by Crippen LogP contribution is -2.09. The lowest BCUT2D eigenvalue weighted by molar-refractivity contribution is -0.139. The van der Waals surface area contributed by atoms with E-state index in [0.29, 0.717) is 16.5 Å². The molecule has 0 amide bonds. The molecule has 0 saturated heterocycles. The zero-order chi connectivity index (χ0) is 23.8. The minimum Gasteiger partial charge on any atom is -0.482 e. The first-order valence-electron chi connectivity index (χ1n) is 9.74. The van der Waals surface area contributed by atoms with Gasteiger partial charge in [-0.05, 0) is 47.0 Å². The topological polar surface area (TPSA) is 89.9 Å². The number of hydrogen-bond acceptors (Lipinski definition) is 6. The second-order valence-electron chi connectivity index (χ2n) is 6.88. The van der Waals surface area contributed by atoms with Gasteiger partial charge in [-0.25, -0.2) is 4.79 Å². The van der Waals surface area contributed by atoms with E-state index in [-0.39, 0.29) is 5.75 Å². The van der Waals surface area contributed by atoms with Crippen LogP contribution in [0.2, 0.25) is 5.02 Å². The number of carboxylic acids is 1. The molecule has 172 valence electrons. The summed E-state index contributed by atoms with van der Waals surface area (Å²) in [6, 6.07) is 21.7. The maximum atomic E-state index is 11.5. The molecule has 0 radical (unpaired) electrons. The second-order valence-corrected chi connectivity index (χ2v) is 9.93. The zero-order valence-electron chi connectivity index (χ0n) is 17.6. The lowest BCUT2D eigenvalue weighted by Gasteiger charge is -2.11. The molecule has 3 aromatic carbocycles. The molecule has 0 heterocycles. The van der Waals surface area contributed by atoms with Crippen molar-refractivity contribution in [3.8, 4) is 11.5 Å². The summed E-state index contributed by atoms with van der Waals surface area (Å²) in [6.07, 6.45) is 3.04. The molecule has 0 aliphatic carbocycles. The summed E-state index contributed by atoms with van der Waals surface area (Å²) in [4.78, 5) is 11.5. The smallest absolute Gasteiger partial charge is 0.341 e. The number of aliphatic carboxylic acids is 1. The lowest BCUT2D eigenvalue weighted by atomic mass is 9.98. The molecule has 9 heteroatoms. The fraction of sp³-hybridized carbons (Fsp3) is 0.125. The van der Waals surface area contributed by atoms with Gasteiger partial charge in [0.1, 0.15) is 11.5 Å². The summed E-state index contributed by atoms with van der Waals surface area (Å²) < 4.78 is 33.2. The average Bonchev–Trinajstić information content (AvgIpc) is 2.76. The van der Waals surface area contributed by atoms with E-state index in [4.69, 9.17) is 25.6 Å². The van der Waals surface area contributed by atoms with Crippen LogP contribution < -0.4 is 8.92 Å². The molecule has 0 aliphatic rings. The number of carbonyl (C=O) groups is 1. The van der Waals surface area contributed by atoms with Crippen LogP contribution in [-0.4, -0.2) is 38.1 Å². The van der Waals surface area contributed by atoms with Gasteiger partial charge in [0, 0.05) is 10.6 Å². The van der Waals surface area contributed by atoms with Crippen LogP contribution in [0.15, 0.2) is 83.8 Å². The van der Waals surface area contributed by atoms with Gasteiger partial charge in [-0.2, -0.15) is 8.42 Å². The Balaban J connectivity index is 1.83. The third kappa shape index (κ3) is 7.85. The minimum absolute atomic E-state index is 0.240. The molecular weight excluding hydrogens is 484 g/mol. The SMILES string of the molecule is CS(=O)(=O)Oc1cccc(/C(=C\CSc2ccc(OCC(=O)O)cc2Cl)c2ccccc2)c1. The summed E-state index contributed by atoms with van der Waals surface area (Å²) in [6.45, 7) is -0.436. The fourth-order valence-electron chi connectivity index (χ4n) is 2.96. The molecule has 0 unspecified atom stereocenters. The van der Waals surface area contributed by atoms with Crippen molar-refractivity contribution in [1.82, 2.24) is 0 Å². The first kappa shape index (κ1) is 24.7. The van der Waals surface area contributed by atoms with Crippen LogP contribution in [0.4, 0.5) is 0 Å². The molecule has 0 saturated carbocycles. The van der Waals surface area contributed by atoms with Crippen molar-refractivity contribution in [3.05, 3.63) is 95.0 Å². The van der Waals surface area contributed by atoms with E-state index in [0.717, 1.165) is 27.9 Å². The summed E-state index contributed by atoms with van der Waals surface area (Å²) in [5.74, 6) is 0.143. The van der Waals surface area contributed by atoms with E-state index in [9.17, 15) is 13.2 Å². The highest BCUT2D eigenvalue weighted by Crippen LogP contribution is 2.33. The monoisotopic (exact) mass is 504 g/mol. The van der Waals surface area contributed by atoms with E-state index in [1.165, 1.54) is 11.8 Å². The van der Waals surface area contributed by atoms with Gasteiger partial charge < -0.3 is 14.0 Å². The van der Waals surface area contributed by atoms with Gasteiger partial charge in [0.05, 0.1) is 11.3 Å². The number of hydrogen-bond donors (Lipinski definition) is 1. The first-order chi connectivity index (χ1) is 15.7. The normalized spacial score (nSPS) is 11.8. The first-order valence-corrected chi connectivity index (χ1v) is 12.9. The number of thioether (sulfide) groups is 1. The van der Waals surface area contributed by atoms with Crippen molar-refractivity contribution in [2.45, 2.75) is 4.90 Å². The maximum Gasteiger partial charge on any atom is 0.341 e. The average molecular weight is 505 g/mol. The molecule has 0 bridgehead atoms. The quantitative estimate of drug-likeness (QED) is 0.293. The number of carboxylic acid groups (broad SMARTS) is 1. The zero-order valence-corrected chi connectivity index (χ0v) is 20.0. The van der Waals surface area contributed by atoms with Crippen molar-refractivity contribution >= 4 is 45.0 Å². The summed E-state index contributed by atoms with van der Waals surface area (Å²) in [5, 5.41) is 9.18. The van der Waals surface area contributed by atoms with E-state index in [1.807, 2.05) is 42.5 Å². The Morgan fingerprint density at radius 2 is 1.73 bits per heavy atom. The van der Waals surface area contributed by atoms with Crippen molar-refractivity contribution in [3.63, 3.8) is 0 Å². The van der Waals surface area contributed by atoms with E-state index in [2.05, 4.69) is 0 Å². The van der Waals surface area contributed by atoms with Crippen molar-refractivity contribution in [2.24, 2.45) is 0 Å². The molecule has 6 nitrogen and oxygen atoms in total. The highest BCUT2D eigenvalue weighted by molar-refractivity contribution is 7.99. The molecule has 0 spiro atoms. The fourth-order valence-corrected chi connectivity index (χ4v) is 4.54. The van der Waals surface area contributed by atoms with Gasteiger partial charge in [0.2, 0.25) is 0 Å². The van der Waals surface area contributed by atoms with Crippen LogP contribution in [0.25, 0.3) is 5.57 Å². The van der Waals surface area contributed by atoms with Gasteiger partial charge in [0.15, 0.2) is 6.61 Å². The Morgan fingerprint density at radius 1 is 1.00 bits per heavy atom. The third-order valence-corrected chi connectivity index (χ3v) is 6.19.